The predicted octanol–water partition coefficient (Wildman–Crippen LogP) is -0.913. The zero-order valence-electron chi connectivity index (χ0n) is 13.3. The second-order valence-electron chi connectivity index (χ2n) is 5.65. The van der Waals surface area contributed by atoms with Crippen LogP contribution in [0.2, 0.25) is 0 Å². The lowest BCUT2D eigenvalue weighted by molar-refractivity contribution is -0.0260. The lowest BCUT2D eigenvalue weighted by Gasteiger charge is -2.34. The van der Waals surface area contributed by atoms with Crippen LogP contribution in [-0.4, -0.2) is 52.9 Å². The first-order chi connectivity index (χ1) is 10.4. The molecule has 1 aliphatic rings. The van der Waals surface area contributed by atoms with E-state index in [1.54, 1.807) is 0 Å². The fraction of sp³-hybridized carbons (Fsp3) is 0.643. The summed E-state index contributed by atoms with van der Waals surface area (Å²) in [6.45, 7) is 4.16. The Hall–Kier alpha value is -2.11. The smallest absolute Gasteiger partial charge is 0.332 e. The number of nitriles is 1. The molecule has 8 heteroatoms. The summed E-state index contributed by atoms with van der Waals surface area (Å²) in [6, 6.07) is 1.74. The largest absolute Gasteiger partial charge is 0.373 e. The van der Waals surface area contributed by atoms with Crippen LogP contribution >= 0.6 is 0 Å². The average molecular weight is 307 g/mol. The van der Waals surface area contributed by atoms with Gasteiger partial charge in [-0.3, -0.25) is 13.9 Å². The Kier molecular flexibility index (Phi) is 4.68. The summed E-state index contributed by atoms with van der Waals surface area (Å²) in [5.74, 6) is 0.236. The van der Waals surface area contributed by atoms with Crippen molar-refractivity contribution in [1.29, 1.82) is 5.26 Å². The molecule has 1 aliphatic heterocycles. The molecule has 0 saturated carbocycles. The number of anilines is 1. The van der Waals surface area contributed by atoms with Gasteiger partial charge in [0.05, 0.1) is 18.8 Å². The second kappa shape index (κ2) is 6.34. The van der Waals surface area contributed by atoms with Gasteiger partial charge >= 0.3 is 5.69 Å². The fourth-order valence-electron chi connectivity index (χ4n) is 2.54. The first kappa shape index (κ1) is 16.3. The van der Waals surface area contributed by atoms with Crippen LogP contribution in [0, 0.1) is 11.3 Å². The van der Waals surface area contributed by atoms with Crippen molar-refractivity contribution < 1.29 is 4.74 Å². The minimum Gasteiger partial charge on any atom is -0.373 e. The molecule has 0 radical (unpaired) electrons. The summed E-state index contributed by atoms with van der Waals surface area (Å²) in [5.41, 5.74) is -1.14. The highest BCUT2D eigenvalue weighted by Gasteiger charge is 2.26. The lowest BCUT2D eigenvalue weighted by Crippen LogP contribution is -2.48. The van der Waals surface area contributed by atoms with Crippen molar-refractivity contribution in [3.05, 3.63) is 26.4 Å². The van der Waals surface area contributed by atoms with E-state index in [2.05, 4.69) is 10.2 Å². The second-order valence-corrected chi connectivity index (χ2v) is 5.65. The molecular weight excluding hydrogens is 286 g/mol. The monoisotopic (exact) mass is 307 g/mol. The molecule has 1 aromatic heterocycles. The molecule has 1 N–H and O–H groups in total. The van der Waals surface area contributed by atoms with Gasteiger partial charge in [-0.1, -0.05) is 0 Å². The normalized spacial score (nSPS) is 20.4. The number of aromatic nitrogens is 2. The summed E-state index contributed by atoms with van der Waals surface area (Å²) in [6.07, 6.45) is -0.0792. The molecule has 2 unspecified atom stereocenters. The van der Waals surface area contributed by atoms with Gasteiger partial charge in [0.1, 0.15) is 11.9 Å². The number of morpholine rings is 1. The molecule has 0 amide bonds. The lowest BCUT2D eigenvalue weighted by atomic mass is 10.1. The number of hydrogen-bond donors (Lipinski definition) is 1. The molecule has 1 fully saturated rings. The molecule has 2 rings (SSSR count). The zero-order chi connectivity index (χ0) is 16.4. The van der Waals surface area contributed by atoms with Crippen molar-refractivity contribution >= 4 is 5.82 Å². The van der Waals surface area contributed by atoms with E-state index in [0.717, 1.165) is 17.7 Å². The fourth-order valence-corrected chi connectivity index (χ4v) is 2.54. The number of likely N-dealkylation sites (N-methyl/N-ethyl adjacent to an activating group) is 1. The van der Waals surface area contributed by atoms with E-state index < -0.39 is 11.2 Å². The Morgan fingerprint density at radius 2 is 2.00 bits per heavy atom. The third-order valence-corrected chi connectivity index (χ3v) is 3.99. The topological polar surface area (TPSA) is 92.3 Å². The first-order valence-electron chi connectivity index (χ1n) is 7.13. The van der Waals surface area contributed by atoms with E-state index in [4.69, 9.17) is 4.74 Å². The van der Waals surface area contributed by atoms with Crippen molar-refractivity contribution in [2.24, 2.45) is 14.1 Å². The Balaban J connectivity index is 2.35. The minimum atomic E-state index is -0.595. The number of ether oxygens (including phenoxy) is 1. The highest BCUT2D eigenvalue weighted by atomic mass is 16.5. The van der Waals surface area contributed by atoms with Gasteiger partial charge in [0.2, 0.25) is 0 Å². The van der Waals surface area contributed by atoms with Crippen molar-refractivity contribution in [2.75, 3.05) is 32.1 Å². The molecule has 0 bridgehead atoms. The quantitative estimate of drug-likeness (QED) is 0.777. The number of rotatable bonds is 3. The molecule has 120 valence electrons. The molecular formula is C14H21N5O3. The maximum atomic E-state index is 12.1. The summed E-state index contributed by atoms with van der Waals surface area (Å²) in [7, 11) is 4.90. The van der Waals surface area contributed by atoms with E-state index in [9.17, 15) is 14.9 Å². The SMILES string of the molecule is CC(Nc1c(C#N)c(=O)n(C)c(=O)n1C)C1CN(C)CCO1. The maximum Gasteiger partial charge on any atom is 0.332 e. The van der Waals surface area contributed by atoms with Gasteiger partial charge in [-0.15, -0.1) is 0 Å². The van der Waals surface area contributed by atoms with Gasteiger partial charge in [-0.2, -0.15) is 5.26 Å². The summed E-state index contributed by atoms with van der Waals surface area (Å²) < 4.78 is 7.93. The number of nitrogens with zero attached hydrogens (tertiary/aromatic N) is 4. The van der Waals surface area contributed by atoms with Gasteiger partial charge in [-0.25, -0.2) is 4.79 Å². The Morgan fingerprint density at radius 1 is 1.32 bits per heavy atom. The highest BCUT2D eigenvalue weighted by molar-refractivity contribution is 5.51. The average Bonchev–Trinajstić information content (AvgIpc) is 2.50. The molecule has 1 saturated heterocycles. The van der Waals surface area contributed by atoms with Crippen molar-refractivity contribution in [2.45, 2.75) is 19.1 Å². The van der Waals surface area contributed by atoms with Gasteiger partial charge in [0, 0.05) is 27.2 Å². The molecule has 0 aliphatic carbocycles. The number of hydrogen-bond acceptors (Lipinski definition) is 6. The Labute approximate surface area is 128 Å². The van der Waals surface area contributed by atoms with Gasteiger partial charge < -0.3 is 15.0 Å². The zero-order valence-corrected chi connectivity index (χ0v) is 13.3. The Morgan fingerprint density at radius 3 is 2.59 bits per heavy atom. The molecule has 8 nitrogen and oxygen atoms in total. The summed E-state index contributed by atoms with van der Waals surface area (Å²) in [4.78, 5) is 26.2. The standard InChI is InChI=1S/C14H21N5O3/c1-9(11-8-17(2)5-6-22-11)16-12-10(7-15)13(20)19(4)14(21)18(12)3/h9,11,16H,5-6,8H2,1-4H3. The van der Waals surface area contributed by atoms with Crippen LogP contribution in [0.3, 0.4) is 0 Å². The van der Waals surface area contributed by atoms with Crippen molar-refractivity contribution in [3.8, 4) is 6.07 Å². The van der Waals surface area contributed by atoms with E-state index in [1.165, 1.54) is 18.7 Å². The van der Waals surface area contributed by atoms with Crippen LogP contribution in [0.15, 0.2) is 9.59 Å². The molecule has 22 heavy (non-hydrogen) atoms. The van der Waals surface area contributed by atoms with E-state index >= 15 is 0 Å². The van der Waals surface area contributed by atoms with Crippen LogP contribution in [-0.2, 0) is 18.8 Å². The van der Waals surface area contributed by atoms with Gasteiger partial charge in [0.15, 0.2) is 5.56 Å². The van der Waals surface area contributed by atoms with E-state index in [-0.39, 0.29) is 23.5 Å². The van der Waals surface area contributed by atoms with Crippen LogP contribution < -0.4 is 16.6 Å². The third-order valence-electron chi connectivity index (χ3n) is 3.99. The minimum absolute atomic E-state index is 0.0689. The van der Waals surface area contributed by atoms with Crippen LogP contribution in [0.25, 0.3) is 0 Å². The van der Waals surface area contributed by atoms with Crippen molar-refractivity contribution in [1.82, 2.24) is 14.0 Å². The summed E-state index contributed by atoms with van der Waals surface area (Å²) in [5, 5.41) is 12.4. The van der Waals surface area contributed by atoms with E-state index in [0.29, 0.717) is 6.61 Å². The molecule has 1 aromatic rings. The van der Waals surface area contributed by atoms with Crippen LogP contribution in [0.5, 0.6) is 0 Å². The Bertz CT molecular complexity index is 715. The van der Waals surface area contributed by atoms with Crippen LogP contribution in [0.1, 0.15) is 12.5 Å². The van der Waals surface area contributed by atoms with Gasteiger partial charge in [0.25, 0.3) is 5.56 Å². The molecule has 2 atom stereocenters. The molecule has 0 aromatic carbocycles. The maximum absolute atomic E-state index is 12.1. The van der Waals surface area contributed by atoms with Gasteiger partial charge in [-0.05, 0) is 14.0 Å². The molecule has 2 heterocycles. The highest BCUT2D eigenvalue weighted by Crippen LogP contribution is 2.14. The number of nitrogens with one attached hydrogen (secondary N) is 1. The molecule has 0 spiro atoms. The van der Waals surface area contributed by atoms with Crippen molar-refractivity contribution in [3.63, 3.8) is 0 Å². The van der Waals surface area contributed by atoms with Crippen LogP contribution in [0.4, 0.5) is 5.82 Å². The predicted molar refractivity (Wildman–Crippen MR) is 82.0 cm³/mol. The third kappa shape index (κ3) is 2.91. The van der Waals surface area contributed by atoms with E-state index in [1.807, 2.05) is 20.0 Å². The first-order valence-corrected chi connectivity index (χ1v) is 7.13. The summed E-state index contributed by atoms with van der Waals surface area (Å²) >= 11 is 0.